The molecule has 3 aromatic rings. The average molecular weight is 402 g/mol. The molecule has 0 atom stereocenters. The van der Waals surface area contributed by atoms with Crippen LogP contribution >= 0.6 is 0 Å². The zero-order valence-electron chi connectivity index (χ0n) is 17.1. The maximum absolute atomic E-state index is 14.0. The van der Waals surface area contributed by atoms with Crippen LogP contribution in [0.25, 0.3) is 10.9 Å². The van der Waals surface area contributed by atoms with Crippen molar-refractivity contribution in [2.75, 3.05) is 18.4 Å². The lowest BCUT2D eigenvalue weighted by Crippen LogP contribution is -2.42. The molecule has 0 aliphatic carbocycles. The Kier molecular flexibility index (Phi) is 5.37. The molecule has 0 radical (unpaired) electrons. The summed E-state index contributed by atoms with van der Waals surface area (Å²) in [5.41, 5.74) is 4.50. The number of aromatic nitrogens is 1. The van der Waals surface area contributed by atoms with Gasteiger partial charge >= 0.3 is 0 Å². The summed E-state index contributed by atoms with van der Waals surface area (Å²) < 4.78 is 14.0. The monoisotopic (exact) mass is 402 g/mol. The van der Waals surface area contributed by atoms with Gasteiger partial charge in [-0.15, -0.1) is 0 Å². The van der Waals surface area contributed by atoms with Crippen LogP contribution in [0.5, 0.6) is 0 Å². The van der Waals surface area contributed by atoms with Crippen molar-refractivity contribution >= 4 is 22.5 Å². The number of nitrogens with one attached hydrogen (secondary N) is 1. The fourth-order valence-electron chi connectivity index (χ4n) is 4.14. The second-order valence-corrected chi connectivity index (χ2v) is 7.83. The molecular weight excluding hydrogens is 379 g/mol. The highest BCUT2D eigenvalue weighted by Gasteiger charge is 2.26. The number of rotatable bonds is 3. The predicted molar refractivity (Wildman–Crippen MR) is 115 cm³/mol. The van der Waals surface area contributed by atoms with Crippen molar-refractivity contribution in [2.45, 2.75) is 32.7 Å². The highest BCUT2D eigenvalue weighted by Crippen LogP contribution is 2.30. The van der Waals surface area contributed by atoms with E-state index in [0.29, 0.717) is 18.7 Å². The lowest BCUT2D eigenvalue weighted by atomic mass is 10.00. The zero-order valence-corrected chi connectivity index (χ0v) is 17.1. The first-order valence-corrected chi connectivity index (χ1v) is 10.1. The third-order valence-corrected chi connectivity index (χ3v) is 5.66. The van der Waals surface area contributed by atoms with Crippen LogP contribution in [0.15, 0.2) is 42.6 Å². The van der Waals surface area contributed by atoms with Crippen molar-refractivity contribution in [3.63, 3.8) is 0 Å². The van der Waals surface area contributed by atoms with E-state index < -0.39 is 5.82 Å². The highest BCUT2D eigenvalue weighted by atomic mass is 19.1. The summed E-state index contributed by atoms with van der Waals surface area (Å²) in [7, 11) is 0. The topological polar surface area (TPSA) is 69.0 Å². The number of amides is 1. The minimum Gasteiger partial charge on any atom is -0.381 e. The fraction of sp³-hybridized carbons (Fsp3) is 0.292. The lowest BCUT2D eigenvalue weighted by Gasteiger charge is -2.33. The van der Waals surface area contributed by atoms with E-state index in [1.807, 2.05) is 13.8 Å². The molecule has 4 rings (SSSR count). The number of carbonyl (C=O) groups is 1. The van der Waals surface area contributed by atoms with Crippen LogP contribution in [0.4, 0.5) is 10.1 Å². The minimum atomic E-state index is -0.490. The normalized spacial score (nSPS) is 14.5. The molecule has 1 saturated heterocycles. The molecular formula is C24H23FN4O. The molecule has 0 bridgehead atoms. The lowest BCUT2D eigenvalue weighted by molar-refractivity contribution is 0.0714. The van der Waals surface area contributed by atoms with Gasteiger partial charge in [-0.2, -0.15) is 5.26 Å². The van der Waals surface area contributed by atoms with Gasteiger partial charge in [0.05, 0.1) is 22.3 Å². The predicted octanol–water partition coefficient (Wildman–Crippen LogP) is 4.58. The first-order valence-electron chi connectivity index (χ1n) is 10.1. The number of piperidine rings is 1. The number of pyridine rings is 1. The summed E-state index contributed by atoms with van der Waals surface area (Å²) in [6.45, 7) is 5.12. The van der Waals surface area contributed by atoms with Gasteiger partial charge in [-0.05, 0) is 50.5 Å². The van der Waals surface area contributed by atoms with Crippen LogP contribution < -0.4 is 5.32 Å². The third kappa shape index (κ3) is 3.71. The number of nitrogens with zero attached hydrogens (tertiary/aromatic N) is 3. The number of hydrogen-bond acceptors (Lipinski definition) is 4. The van der Waals surface area contributed by atoms with Gasteiger partial charge in [0.25, 0.3) is 5.91 Å². The standard InChI is InChI=1S/C24H23FN4O/c1-15-11-16(2)22-20(12-15)23(17(13-26)14-27-22)28-18-7-9-29(10-8-18)24(30)19-5-3-4-6-21(19)25/h3-6,11-12,14,18H,7-10H2,1-2H3,(H,27,28). The maximum atomic E-state index is 14.0. The third-order valence-electron chi connectivity index (χ3n) is 5.66. The molecule has 1 aliphatic rings. The zero-order chi connectivity index (χ0) is 21.3. The van der Waals surface area contributed by atoms with Crippen LogP contribution in [0, 0.1) is 31.0 Å². The first-order chi connectivity index (χ1) is 14.5. The number of fused-ring (bicyclic) bond motifs is 1. The Bertz CT molecular complexity index is 1160. The SMILES string of the molecule is Cc1cc(C)c2ncc(C#N)c(NC3CCN(C(=O)c4ccccc4F)CC3)c2c1. The van der Waals surface area contributed by atoms with E-state index in [-0.39, 0.29) is 17.5 Å². The van der Waals surface area contributed by atoms with Crippen molar-refractivity contribution in [3.05, 3.63) is 70.7 Å². The molecule has 0 spiro atoms. The van der Waals surface area contributed by atoms with Crippen molar-refractivity contribution < 1.29 is 9.18 Å². The highest BCUT2D eigenvalue weighted by molar-refractivity contribution is 5.96. The molecule has 0 saturated carbocycles. The van der Waals surface area contributed by atoms with Crippen LogP contribution in [0.2, 0.25) is 0 Å². The second-order valence-electron chi connectivity index (χ2n) is 7.83. The Labute approximate surface area is 175 Å². The Morgan fingerprint density at radius 3 is 2.67 bits per heavy atom. The van der Waals surface area contributed by atoms with Crippen LogP contribution in [-0.2, 0) is 0 Å². The molecule has 1 amide bonds. The summed E-state index contributed by atoms with van der Waals surface area (Å²) in [6, 6.07) is 12.6. The van der Waals surface area contributed by atoms with Crippen molar-refractivity contribution in [1.29, 1.82) is 5.26 Å². The molecule has 6 heteroatoms. The molecule has 5 nitrogen and oxygen atoms in total. The number of aryl methyl sites for hydroxylation is 2. The van der Waals surface area contributed by atoms with E-state index in [4.69, 9.17) is 0 Å². The van der Waals surface area contributed by atoms with Crippen molar-refractivity contribution in [2.24, 2.45) is 0 Å². The number of carbonyl (C=O) groups excluding carboxylic acids is 1. The van der Waals surface area contributed by atoms with Gasteiger partial charge in [-0.25, -0.2) is 4.39 Å². The van der Waals surface area contributed by atoms with Crippen LogP contribution in [-0.4, -0.2) is 34.9 Å². The van der Waals surface area contributed by atoms with Gasteiger partial charge in [0, 0.05) is 30.7 Å². The van der Waals surface area contributed by atoms with Crippen LogP contribution in [0.1, 0.15) is 39.9 Å². The molecule has 1 N–H and O–H groups in total. The van der Waals surface area contributed by atoms with E-state index >= 15 is 0 Å². The van der Waals surface area contributed by atoms with Gasteiger partial charge in [0.1, 0.15) is 11.9 Å². The van der Waals surface area contributed by atoms with Gasteiger partial charge < -0.3 is 10.2 Å². The fourth-order valence-corrected chi connectivity index (χ4v) is 4.14. The number of hydrogen-bond donors (Lipinski definition) is 1. The Balaban J connectivity index is 1.53. The molecule has 152 valence electrons. The molecule has 30 heavy (non-hydrogen) atoms. The number of halogens is 1. The Morgan fingerprint density at radius 2 is 1.97 bits per heavy atom. The Morgan fingerprint density at radius 1 is 1.23 bits per heavy atom. The second kappa shape index (κ2) is 8.11. The molecule has 2 heterocycles. The quantitative estimate of drug-likeness (QED) is 0.696. The number of likely N-dealkylation sites (tertiary alicyclic amines) is 1. The molecule has 2 aromatic carbocycles. The van der Waals surface area contributed by atoms with Gasteiger partial charge in [0.2, 0.25) is 0 Å². The number of anilines is 1. The summed E-state index contributed by atoms with van der Waals surface area (Å²) >= 11 is 0. The number of nitriles is 1. The maximum Gasteiger partial charge on any atom is 0.256 e. The van der Waals surface area contributed by atoms with Gasteiger partial charge in [0.15, 0.2) is 0 Å². The number of benzene rings is 2. The van der Waals surface area contributed by atoms with E-state index in [1.54, 1.807) is 23.2 Å². The first kappa shape index (κ1) is 19.8. The summed E-state index contributed by atoms with van der Waals surface area (Å²) in [5.74, 6) is -0.764. The van der Waals surface area contributed by atoms with Gasteiger partial charge in [-0.1, -0.05) is 23.8 Å². The van der Waals surface area contributed by atoms with E-state index in [9.17, 15) is 14.4 Å². The molecule has 1 fully saturated rings. The molecule has 0 unspecified atom stereocenters. The van der Waals surface area contributed by atoms with Crippen molar-refractivity contribution in [1.82, 2.24) is 9.88 Å². The summed E-state index contributed by atoms with van der Waals surface area (Å²) in [4.78, 5) is 18.8. The minimum absolute atomic E-state index is 0.113. The van der Waals surface area contributed by atoms with E-state index in [2.05, 4.69) is 28.5 Å². The van der Waals surface area contributed by atoms with Gasteiger partial charge in [-0.3, -0.25) is 9.78 Å². The largest absolute Gasteiger partial charge is 0.381 e. The smallest absolute Gasteiger partial charge is 0.256 e. The van der Waals surface area contributed by atoms with Crippen LogP contribution in [0.3, 0.4) is 0 Å². The molecule has 1 aromatic heterocycles. The average Bonchev–Trinajstić information content (AvgIpc) is 2.74. The van der Waals surface area contributed by atoms with Crippen molar-refractivity contribution in [3.8, 4) is 6.07 Å². The summed E-state index contributed by atoms with van der Waals surface area (Å²) in [6.07, 6.45) is 3.06. The van der Waals surface area contributed by atoms with E-state index in [1.165, 1.54) is 12.1 Å². The van der Waals surface area contributed by atoms with E-state index in [0.717, 1.165) is 40.6 Å². The molecule has 1 aliphatic heterocycles. The summed E-state index contributed by atoms with van der Waals surface area (Å²) in [5, 5.41) is 14.1. The Hall–Kier alpha value is -3.46.